The van der Waals surface area contributed by atoms with E-state index in [1.165, 1.54) is 83.5 Å². The molecule has 0 aromatic rings. The van der Waals surface area contributed by atoms with Crippen LogP contribution in [-0.2, 0) is 4.79 Å². The number of rotatable bonds is 28. The minimum atomic E-state index is -1.10. The molecule has 0 aliphatic carbocycles. The lowest BCUT2D eigenvalue weighted by Crippen LogP contribution is -2.48. The average molecular weight is 550 g/mol. The molecule has 5 heteroatoms. The number of aliphatic hydroxyl groups is 3. The van der Waals surface area contributed by atoms with Crippen LogP contribution in [0.3, 0.4) is 0 Å². The second-order valence-corrected chi connectivity index (χ2v) is 11.0. The standard InChI is InChI=1S/C34H63NO4/c1-3-5-7-9-11-13-14-15-16-17-18-19-21-23-25-27-29-33(38)34(39)35-31(30-36)32(37)28-26-24-22-20-12-10-8-6-4-2/h11,13,15-16,26,28,31-33,36-38H,3-10,12,14,17-25,27,29-30H2,1-2H3,(H,35,39)/b13-11-,16-15-,28-26+. The second kappa shape index (κ2) is 29.6. The van der Waals surface area contributed by atoms with Crippen LogP contribution in [0, 0.1) is 0 Å². The molecule has 0 fully saturated rings. The van der Waals surface area contributed by atoms with Gasteiger partial charge in [0.05, 0.1) is 18.8 Å². The lowest BCUT2D eigenvalue weighted by molar-refractivity contribution is -0.131. The van der Waals surface area contributed by atoms with Crippen molar-refractivity contribution >= 4 is 5.91 Å². The van der Waals surface area contributed by atoms with Gasteiger partial charge in [-0.3, -0.25) is 4.79 Å². The van der Waals surface area contributed by atoms with E-state index < -0.39 is 24.2 Å². The topological polar surface area (TPSA) is 89.8 Å². The first-order chi connectivity index (χ1) is 19.1. The van der Waals surface area contributed by atoms with Crippen LogP contribution in [0.1, 0.15) is 149 Å². The highest BCUT2D eigenvalue weighted by Gasteiger charge is 2.22. The molecule has 0 aliphatic heterocycles. The number of carbonyl (C=O) groups excluding carboxylic acids is 1. The van der Waals surface area contributed by atoms with Crippen molar-refractivity contribution in [2.24, 2.45) is 0 Å². The monoisotopic (exact) mass is 549 g/mol. The summed E-state index contributed by atoms with van der Waals surface area (Å²) in [6, 6.07) is -0.798. The van der Waals surface area contributed by atoms with Crippen molar-refractivity contribution in [2.45, 2.75) is 167 Å². The Hall–Kier alpha value is -1.43. The van der Waals surface area contributed by atoms with Crippen LogP contribution in [-0.4, -0.2) is 46.1 Å². The van der Waals surface area contributed by atoms with Crippen LogP contribution in [0.15, 0.2) is 36.5 Å². The molecule has 4 N–H and O–H groups in total. The van der Waals surface area contributed by atoms with Crippen molar-refractivity contribution in [3.8, 4) is 0 Å². The second-order valence-electron chi connectivity index (χ2n) is 11.0. The van der Waals surface area contributed by atoms with Gasteiger partial charge in [-0.25, -0.2) is 0 Å². The highest BCUT2D eigenvalue weighted by atomic mass is 16.3. The summed E-state index contributed by atoms with van der Waals surface area (Å²) >= 11 is 0. The third-order valence-electron chi connectivity index (χ3n) is 7.23. The molecule has 3 atom stereocenters. The number of allylic oxidation sites excluding steroid dienone is 5. The molecule has 228 valence electrons. The molecule has 0 bridgehead atoms. The summed E-state index contributed by atoms with van der Waals surface area (Å²) < 4.78 is 0. The minimum Gasteiger partial charge on any atom is -0.394 e. The van der Waals surface area contributed by atoms with Crippen molar-refractivity contribution < 1.29 is 20.1 Å². The van der Waals surface area contributed by atoms with E-state index in [1.54, 1.807) is 6.08 Å². The molecule has 0 aromatic carbocycles. The fourth-order valence-electron chi connectivity index (χ4n) is 4.56. The molecule has 0 saturated heterocycles. The Bertz CT molecular complexity index is 616. The van der Waals surface area contributed by atoms with Gasteiger partial charge < -0.3 is 20.6 Å². The molecule has 39 heavy (non-hydrogen) atoms. The van der Waals surface area contributed by atoms with Crippen molar-refractivity contribution in [3.05, 3.63) is 36.5 Å². The number of hydrogen-bond donors (Lipinski definition) is 4. The van der Waals surface area contributed by atoms with Crippen molar-refractivity contribution in [1.29, 1.82) is 0 Å². The minimum absolute atomic E-state index is 0.369. The van der Waals surface area contributed by atoms with Gasteiger partial charge in [-0.05, 0) is 51.4 Å². The van der Waals surface area contributed by atoms with Gasteiger partial charge >= 0.3 is 0 Å². The maximum atomic E-state index is 12.3. The van der Waals surface area contributed by atoms with Gasteiger partial charge in [0.1, 0.15) is 6.10 Å². The zero-order valence-corrected chi connectivity index (χ0v) is 25.5. The van der Waals surface area contributed by atoms with Crippen LogP contribution in [0.2, 0.25) is 0 Å². The number of nitrogens with one attached hydrogen (secondary N) is 1. The van der Waals surface area contributed by atoms with Gasteiger partial charge in [-0.15, -0.1) is 0 Å². The summed E-state index contributed by atoms with van der Waals surface area (Å²) in [6.07, 6.45) is 34.4. The zero-order valence-electron chi connectivity index (χ0n) is 25.5. The normalized spacial score (nSPS) is 14.5. The highest BCUT2D eigenvalue weighted by molar-refractivity contribution is 5.80. The van der Waals surface area contributed by atoms with Gasteiger partial charge in [0.2, 0.25) is 5.91 Å². The number of aliphatic hydroxyl groups excluding tert-OH is 3. The summed E-state index contributed by atoms with van der Waals surface area (Å²) in [7, 11) is 0. The lowest BCUT2D eigenvalue weighted by Gasteiger charge is -2.21. The Morgan fingerprint density at radius 2 is 1.10 bits per heavy atom. The summed E-state index contributed by atoms with van der Waals surface area (Å²) in [5, 5.41) is 32.7. The van der Waals surface area contributed by atoms with Crippen molar-refractivity contribution in [1.82, 2.24) is 5.32 Å². The van der Waals surface area contributed by atoms with Gasteiger partial charge in [0.25, 0.3) is 0 Å². The van der Waals surface area contributed by atoms with Crippen molar-refractivity contribution in [2.75, 3.05) is 6.61 Å². The molecule has 0 spiro atoms. The van der Waals surface area contributed by atoms with Crippen molar-refractivity contribution in [3.63, 3.8) is 0 Å². The lowest BCUT2D eigenvalue weighted by atomic mass is 10.0. The molecule has 0 rings (SSSR count). The molecule has 0 radical (unpaired) electrons. The average Bonchev–Trinajstić information content (AvgIpc) is 2.94. The van der Waals surface area contributed by atoms with E-state index in [-0.39, 0.29) is 6.61 Å². The fourth-order valence-corrected chi connectivity index (χ4v) is 4.56. The predicted molar refractivity (Wildman–Crippen MR) is 167 cm³/mol. The first-order valence-electron chi connectivity index (χ1n) is 16.3. The Morgan fingerprint density at radius 3 is 1.67 bits per heavy atom. The van der Waals surface area contributed by atoms with E-state index in [0.29, 0.717) is 6.42 Å². The fraction of sp³-hybridized carbons (Fsp3) is 0.794. The number of hydrogen-bond acceptors (Lipinski definition) is 4. The first-order valence-corrected chi connectivity index (χ1v) is 16.3. The van der Waals surface area contributed by atoms with Gasteiger partial charge in [-0.2, -0.15) is 0 Å². The molecule has 3 unspecified atom stereocenters. The van der Waals surface area contributed by atoms with E-state index >= 15 is 0 Å². The van der Waals surface area contributed by atoms with E-state index in [0.717, 1.165) is 44.9 Å². The first kappa shape index (κ1) is 37.6. The summed E-state index contributed by atoms with van der Waals surface area (Å²) in [5.41, 5.74) is 0. The number of carbonyl (C=O) groups is 1. The Balaban J connectivity index is 3.81. The highest BCUT2D eigenvalue weighted by Crippen LogP contribution is 2.12. The molecule has 0 heterocycles. The van der Waals surface area contributed by atoms with Gasteiger partial charge in [0.15, 0.2) is 0 Å². The van der Waals surface area contributed by atoms with Crippen LogP contribution >= 0.6 is 0 Å². The van der Waals surface area contributed by atoms with Gasteiger partial charge in [-0.1, -0.05) is 134 Å². The molecule has 0 aromatic heterocycles. The maximum absolute atomic E-state index is 12.3. The van der Waals surface area contributed by atoms with Crippen LogP contribution in [0.25, 0.3) is 0 Å². The van der Waals surface area contributed by atoms with E-state index in [4.69, 9.17) is 0 Å². The summed E-state index contributed by atoms with van der Waals surface area (Å²) in [6.45, 7) is 4.09. The Labute approximate surface area is 241 Å². The summed E-state index contributed by atoms with van der Waals surface area (Å²) in [5.74, 6) is -0.517. The molecule has 0 saturated carbocycles. The molecule has 1 amide bonds. The maximum Gasteiger partial charge on any atom is 0.249 e. The number of unbranched alkanes of at least 4 members (excludes halogenated alkanes) is 16. The van der Waals surface area contributed by atoms with E-state index in [9.17, 15) is 20.1 Å². The van der Waals surface area contributed by atoms with Gasteiger partial charge in [0, 0.05) is 0 Å². The Kier molecular flexibility index (Phi) is 28.5. The van der Waals surface area contributed by atoms with Crippen LogP contribution in [0.5, 0.6) is 0 Å². The molecular weight excluding hydrogens is 486 g/mol. The molecule has 5 nitrogen and oxygen atoms in total. The molecular formula is C34H63NO4. The number of amides is 1. The third kappa shape index (κ3) is 25.3. The van der Waals surface area contributed by atoms with E-state index in [1.807, 2.05) is 6.08 Å². The quantitative estimate of drug-likeness (QED) is 0.0586. The largest absolute Gasteiger partial charge is 0.394 e. The van der Waals surface area contributed by atoms with Crippen LogP contribution < -0.4 is 5.32 Å². The van der Waals surface area contributed by atoms with Crippen LogP contribution in [0.4, 0.5) is 0 Å². The third-order valence-corrected chi connectivity index (χ3v) is 7.23. The Morgan fingerprint density at radius 1 is 0.641 bits per heavy atom. The smallest absolute Gasteiger partial charge is 0.249 e. The molecule has 0 aliphatic rings. The van der Waals surface area contributed by atoms with E-state index in [2.05, 4.69) is 43.5 Å². The SMILES string of the molecule is CCCCC/C=C\C/C=C\CCCCCCCCC(O)C(=O)NC(CO)C(O)/C=C/CCCCCCCCC. The zero-order chi connectivity index (χ0) is 28.8. The summed E-state index contributed by atoms with van der Waals surface area (Å²) in [4.78, 5) is 12.3. The predicted octanol–water partition coefficient (Wildman–Crippen LogP) is 8.09.